The molecule has 1 saturated carbocycles. The van der Waals surface area contributed by atoms with Gasteiger partial charge in [0.05, 0.1) is 7.11 Å². The summed E-state index contributed by atoms with van der Waals surface area (Å²) in [7, 11) is 1.42. The third kappa shape index (κ3) is 10.2. The van der Waals surface area contributed by atoms with E-state index in [-0.39, 0.29) is 24.0 Å². The zero-order valence-electron chi connectivity index (χ0n) is 18.2. The standard InChI is InChI=1S/C23H40O5/c1-4-5-8-11-20(28-18(2)24)16-14-19-15-17-22(25)21(19)12-9-6-7-10-13-23(26)27-3/h19-21H,4-17H2,1-3H3/t19-,20-,21+/m0/s1. The zero-order chi connectivity index (χ0) is 20.8. The second-order valence-corrected chi connectivity index (χ2v) is 8.21. The number of esters is 2. The summed E-state index contributed by atoms with van der Waals surface area (Å²) in [4.78, 5) is 34.8. The first-order valence-electron chi connectivity index (χ1n) is 11.2. The zero-order valence-corrected chi connectivity index (χ0v) is 18.2. The molecule has 0 amide bonds. The van der Waals surface area contributed by atoms with Crippen molar-refractivity contribution in [2.75, 3.05) is 7.11 Å². The molecule has 28 heavy (non-hydrogen) atoms. The van der Waals surface area contributed by atoms with Crippen molar-refractivity contribution in [3.63, 3.8) is 0 Å². The first kappa shape index (κ1) is 24.6. The van der Waals surface area contributed by atoms with Crippen LogP contribution in [0.1, 0.15) is 104 Å². The number of Topliss-reactive ketones (excluding diaryl/α,β-unsaturated/α-hetero) is 1. The summed E-state index contributed by atoms with van der Waals surface area (Å²) in [6.45, 7) is 3.65. The average molecular weight is 397 g/mol. The van der Waals surface area contributed by atoms with Gasteiger partial charge in [-0.15, -0.1) is 0 Å². The van der Waals surface area contributed by atoms with Gasteiger partial charge < -0.3 is 9.47 Å². The monoisotopic (exact) mass is 396 g/mol. The van der Waals surface area contributed by atoms with Crippen molar-refractivity contribution in [1.29, 1.82) is 0 Å². The summed E-state index contributed by atoms with van der Waals surface area (Å²) in [6.07, 6.45) is 13.3. The van der Waals surface area contributed by atoms with Crippen LogP contribution in [0.25, 0.3) is 0 Å². The third-order valence-corrected chi connectivity index (χ3v) is 5.94. The number of ketones is 1. The lowest BCUT2D eigenvalue weighted by atomic mass is 9.86. The quantitative estimate of drug-likeness (QED) is 0.274. The predicted octanol–water partition coefficient (Wildman–Crippen LogP) is 5.39. The molecule has 5 heteroatoms. The van der Waals surface area contributed by atoms with Gasteiger partial charge >= 0.3 is 11.9 Å². The van der Waals surface area contributed by atoms with Gasteiger partial charge in [-0.1, -0.05) is 39.0 Å². The molecule has 1 aliphatic carbocycles. The molecule has 0 aliphatic heterocycles. The Morgan fingerprint density at radius 1 is 1.04 bits per heavy atom. The van der Waals surface area contributed by atoms with Crippen molar-refractivity contribution in [1.82, 2.24) is 0 Å². The van der Waals surface area contributed by atoms with Gasteiger partial charge in [-0.25, -0.2) is 0 Å². The van der Waals surface area contributed by atoms with Gasteiger partial charge in [0.25, 0.3) is 0 Å². The molecule has 0 aromatic carbocycles. The van der Waals surface area contributed by atoms with Crippen LogP contribution in [0.3, 0.4) is 0 Å². The molecule has 162 valence electrons. The van der Waals surface area contributed by atoms with E-state index >= 15 is 0 Å². The first-order valence-corrected chi connectivity index (χ1v) is 11.2. The molecule has 1 rings (SSSR count). The summed E-state index contributed by atoms with van der Waals surface area (Å²) in [5, 5.41) is 0. The van der Waals surface area contributed by atoms with Crippen LogP contribution in [-0.2, 0) is 23.9 Å². The number of carbonyl (C=O) groups is 3. The van der Waals surface area contributed by atoms with Gasteiger partial charge in [-0.3, -0.25) is 14.4 Å². The molecule has 0 unspecified atom stereocenters. The number of ether oxygens (including phenoxy) is 2. The minimum absolute atomic E-state index is 0.00118. The van der Waals surface area contributed by atoms with Crippen molar-refractivity contribution < 1.29 is 23.9 Å². The van der Waals surface area contributed by atoms with E-state index in [1.54, 1.807) is 0 Å². The number of hydrogen-bond donors (Lipinski definition) is 0. The summed E-state index contributed by atoms with van der Waals surface area (Å²) < 4.78 is 10.2. The predicted molar refractivity (Wildman–Crippen MR) is 110 cm³/mol. The Kier molecular flexibility index (Phi) is 12.8. The summed E-state index contributed by atoms with van der Waals surface area (Å²) in [6, 6.07) is 0. The molecule has 0 N–H and O–H groups in total. The molecule has 3 atom stereocenters. The highest BCUT2D eigenvalue weighted by atomic mass is 16.5. The highest BCUT2D eigenvalue weighted by Gasteiger charge is 2.34. The van der Waals surface area contributed by atoms with E-state index in [4.69, 9.17) is 4.74 Å². The number of rotatable bonds is 15. The lowest BCUT2D eigenvalue weighted by Crippen LogP contribution is -2.20. The third-order valence-electron chi connectivity index (χ3n) is 5.94. The minimum atomic E-state index is -0.201. The van der Waals surface area contributed by atoms with Crippen LogP contribution in [0.15, 0.2) is 0 Å². The Bertz CT molecular complexity index is 474. The second-order valence-electron chi connectivity index (χ2n) is 8.21. The molecular weight excluding hydrogens is 356 g/mol. The fourth-order valence-electron chi connectivity index (χ4n) is 4.33. The van der Waals surface area contributed by atoms with Crippen LogP contribution in [0, 0.1) is 11.8 Å². The Morgan fingerprint density at radius 3 is 2.46 bits per heavy atom. The minimum Gasteiger partial charge on any atom is -0.469 e. The lowest BCUT2D eigenvalue weighted by molar-refractivity contribution is -0.147. The molecule has 5 nitrogen and oxygen atoms in total. The highest BCUT2D eigenvalue weighted by Crippen LogP contribution is 2.36. The van der Waals surface area contributed by atoms with Gasteiger partial charge in [0.15, 0.2) is 0 Å². The Morgan fingerprint density at radius 2 is 1.79 bits per heavy atom. The smallest absolute Gasteiger partial charge is 0.305 e. The van der Waals surface area contributed by atoms with Crippen molar-refractivity contribution in [2.45, 2.75) is 110 Å². The molecule has 0 aromatic heterocycles. The molecule has 0 radical (unpaired) electrons. The van der Waals surface area contributed by atoms with Gasteiger partial charge in [-0.2, -0.15) is 0 Å². The molecule has 0 saturated heterocycles. The highest BCUT2D eigenvalue weighted by molar-refractivity contribution is 5.83. The number of methoxy groups -OCH3 is 1. The van der Waals surface area contributed by atoms with Crippen molar-refractivity contribution in [2.24, 2.45) is 11.8 Å². The van der Waals surface area contributed by atoms with Crippen LogP contribution in [0.5, 0.6) is 0 Å². The van der Waals surface area contributed by atoms with Gasteiger partial charge in [0, 0.05) is 25.7 Å². The Labute approximate surface area is 170 Å². The van der Waals surface area contributed by atoms with E-state index in [1.165, 1.54) is 14.0 Å². The second kappa shape index (κ2) is 14.6. The summed E-state index contributed by atoms with van der Waals surface area (Å²) in [5.41, 5.74) is 0. The maximum Gasteiger partial charge on any atom is 0.305 e. The van der Waals surface area contributed by atoms with E-state index in [9.17, 15) is 14.4 Å². The van der Waals surface area contributed by atoms with Crippen molar-refractivity contribution >= 4 is 17.7 Å². The fraction of sp³-hybridized carbons (Fsp3) is 0.870. The molecule has 1 fully saturated rings. The first-order chi connectivity index (χ1) is 13.5. The van der Waals surface area contributed by atoms with Crippen LogP contribution < -0.4 is 0 Å². The molecule has 0 bridgehead atoms. The average Bonchev–Trinajstić information content (AvgIpc) is 3.01. The summed E-state index contributed by atoms with van der Waals surface area (Å²) in [5.74, 6) is 0.676. The van der Waals surface area contributed by atoms with Gasteiger partial charge in [0.1, 0.15) is 11.9 Å². The van der Waals surface area contributed by atoms with Crippen molar-refractivity contribution in [3.8, 4) is 0 Å². The van der Waals surface area contributed by atoms with Crippen LogP contribution in [0.4, 0.5) is 0 Å². The largest absolute Gasteiger partial charge is 0.469 e. The normalized spacial score (nSPS) is 20.2. The molecule has 0 heterocycles. The van der Waals surface area contributed by atoms with Crippen LogP contribution in [0.2, 0.25) is 0 Å². The topological polar surface area (TPSA) is 69.7 Å². The Balaban J connectivity index is 2.34. The summed E-state index contributed by atoms with van der Waals surface area (Å²) >= 11 is 0. The van der Waals surface area contributed by atoms with Crippen LogP contribution >= 0.6 is 0 Å². The van der Waals surface area contributed by atoms with E-state index in [2.05, 4.69) is 11.7 Å². The number of hydrogen-bond acceptors (Lipinski definition) is 5. The SMILES string of the molecule is CCCCC[C@@H](CC[C@H]1CCC(=O)[C@@H]1CCCCCCC(=O)OC)OC(C)=O. The molecule has 1 aliphatic rings. The fourth-order valence-corrected chi connectivity index (χ4v) is 4.33. The maximum atomic E-state index is 12.3. The van der Waals surface area contributed by atoms with E-state index in [1.807, 2.05) is 0 Å². The van der Waals surface area contributed by atoms with Crippen LogP contribution in [-0.4, -0.2) is 30.9 Å². The number of unbranched alkanes of at least 4 members (excludes halogenated alkanes) is 5. The van der Waals surface area contributed by atoms with Gasteiger partial charge in [-0.05, 0) is 50.9 Å². The van der Waals surface area contributed by atoms with E-state index < -0.39 is 0 Å². The van der Waals surface area contributed by atoms with E-state index in [0.717, 1.165) is 77.0 Å². The Hall–Kier alpha value is -1.39. The lowest BCUT2D eigenvalue weighted by Gasteiger charge is -2.22. The maximum absolute atomic E-state index is 12.3. The van der Waals surface area contributed by atoms with E-state index in [0.29, 0.717) is 24.5 Å². The molecule has 0 spiro atoms. The van der Waals surface area contributed by atoms with Gasteiger partial charge in [0.2, 0.25) is 0 Å². The number of carbonyl (C=O) groups excluding carboxylic acids is 3. The molecule has 0 aromatic rings. The van der Waals surface area contributed by atoms with Crippen molar-refractivity contribution in [3.05, 3.63) is 0 Å². The molecular formula is C23H40O5.